The zero-order valence-electron chi connectivity index (χ0n) is 22.8. The number of rotatable bonds is 4. The van der Waals surface area contributed by atoms with Crippen LogP contribution in [-0.4, -0.2) is 64.3 Å². The van der Waals surface area contributed by atoms with Crippen molar-refractivity contribution in [2.75, 3.05) is 39.5 Å². The maximum absolute atomic E-state index is 8.49. The van der Waals surface area contributed by atoms with Crippen molar-refractivity contribution in [1.82, 2.24) is 24.8 Å². The van der Waals surface area contributed by atoms with E-state index in [2.05, 4.69) is 50.1 Å². The van der Waals surface area contributed by atoms with Gasteiger partial charge in [-0.2, -0.15) is 0 Å². The molecule has 0 radical (unpaired) electrons. The molecule has 0 atom stereocenters. The number of aromatic nitrogens is 3. The van der Waals surface area contributed by atoms with Crippen molar-refractivity contribution in [3.8, 4) is 0 Å². The van der Waals surface area contributed by atoms with Crippen molar-refractivity contribution in [1.29, 1.82) is 0 Å². The van der Waals surface area contributed by atoms with Gasteiger partial charge in [-0.15, -0.1) is 20.5 Å². The molecule has 0 unspecified atom stereocenters. The van der Waals surface area contributed by atoms with E-state index in [0.29, 0.717) is 26.4 Å². The fourth-order valence-corrected chi connectivity index (χ4v) is 3.74. The van der Waals surface area contributed by atoms with Crippen LogP contribution in [0.1, 0.15) is 22.8 Å². The largest absolute Gasteiger partial charge is 2.00 e. The second-order valence-electron chi connectivity index (χ2n) is 8.66. The van der Waals surface area contributed by atoms with E-state index in [1.807, 2.05) is 36.7 Å². The molecule has 0 saturated carbocycles. The van der Waals surface area contributed by atoms with E-state index < -0.39 is 20.5 Å². The first-order valence-corrected chi connectivity index (χ1v) is 14.9. The molecule has 3 aromatic rings. The maximum atomic E-state index is 8.49. The van der Waals surface area contributed by atoms with E-state index in [9.17, 15) is 0 Å². The van der Waals surface area contributed by atoms with E-state index in [1.54, 1.807) is 0 Å². The first-order chi connectivity index (χ1) is 19.8. The monoisotopic (exact) mass is 689 g/mol. The second-order valence-corrected chi connectivity index (χ2v) is 10.2. The van der Waals surface area contributed by atoms with Crippen LogP contribution < -0.4 is 37.3 Å². The van der Waals surface area contributed by atoms with E-state index in [4.69, 9.17) is 51.7 Å². The van der Waals surface area contributed by atoms with Crippen molar-refractivity contribution < 1.29 is 83.7 Å². The van der Waals surface area contributed by atoms with Gasteiger partial charge in [-0.1, -0.05) is 18.2 Å². The van der Waals surface area contributed by atoms with Gasteiger partial charge in [0.25, 0.3) is 0 Å². The number of nitrogens with zero attached hydrogens (tertiary/aromatic N) is 5. The third-order valence-electron chi connectivity index (χ3n) is 5.33. The van der Waals surface area contributed by atoms with Crippen LogP contribution in [0.4, 0.5) is 0 Å². The predicted molar refractivity (Wildman–Crippen MR) is 123 cm³/mol. The number of fused-ring (bicyclic) bond motifs is 2. The summed E-state index contributed by atoms with van der Waals surface area (Å²) in [5.74, 6) is 0. The summed E-state index contributed by atoms with van der Waals surface area (Å²) in [4.78, 5) is 18.6. The van der Waals surface area contributed by atoms with Crippen LogP contribution in [0.25, 0.3) is 0 Å². The molecule has 0 amide bonds. The molecule has 18 heteroatoms. The number of pyridine rings is 3. The third-order valence-corrected chi connectivity index (χ3v) is 5.33. The van der Waals surface area contributed by atoms with E-state index in [0.717, 1.165) is 62.0 Å². The minimum absolute atomic E-state index is 0. The topological polar surface area (TPSA) is 248 Å². The van der Waals surface area contributed by atoms with Crippen LogP contribution in [0.15, 0.2) is 67.0 Å². The minimum Gasteiger partial charge on any atom is -0.378 e. The number of ether oxygens (including phenoxy) is 2. The third kappa shape index (κ3) is 22.2. The average molecular weight is 691 g/mol. The van der Waals surface area contributed by atoms with Crippen LogP contribution in [-0.2, 0) is 52.1 Å². The first kappa shape index (κ1) is 39.1. The summed E-state index contributed by atoms with van der Waals surface area (Å²) in [6.07, 6.45) is 3.68. The summed E-state index contributed by atoms with van der Waals surface area (Å²) >= 11 is 0. The van der Waals surface area contributed by atoms with Gasteiger partial charge in [0.1, 0.15) is 0 Å². The number of hydrogen-bond acceptors (Lipinski definition) is 15. The molecule has 240 valence electrons. The van der Waals surface area contributed by atoms with Gasteiger partial charge in [0, 0.05) is 51.7 Å². The van der Waals surface area contributed by atoms with E-state index in [1.165, 1.54) is 0 Å². The SMILES string of the molecule is [Ni+2].[O-][Cl+3]([O-])([O-])[O-].[O-][Cl+3]([O-])([O-])[O-].c1ccc(CN2CCOCCOCCN(Cc3ccccn3)Cc3cccc(n3)C2)nc1. The summed E-state index contributed by atoms with van der Waals surface area (Å²) in [5, 5.41) is 0. The Morgan fingerprint density at radius 1 is 0.581 bits per heavy atom. The summed E-state index contributed by atoms with van der Waals surface area (Å²) in [6, 6.07) is 18.4. The van der Waals surface area contributed by atoms with Crippen molar-refractivity contribution in [2.24, 2.45) is 0 Å². The molecule has 3 aromatic heterocycles. The Balaban J connectivity index is 0.000000729. The van der Waals surface area contributed by atoms with Gasteiger partial charge in [-0.25, -0.2) is 37.3 Å². The van der Waals surface area contributed by atoms with Gasteiger partial charge in [-0.3, -0.25) is 24.8 Å². The van der Waals surface area contributed by atoms with Gasteiger partial charge >= 0.3 is 16.5 Å². The van der Waals surface area contributed by atoms with Gasteiger partial charge in [-0.05, 0) is 36.4 Å². The van der Waals surface area contributed by atoms with Crippen LogP contribution in [0, 0.1) is 20.5 Å². The zero-order valence-corrected chi connectivity index (χ0v) is 25.3. The molecule has 4 heterocycles. The molecule has 0 aliphatic carbocycles. The molecule has 0 spiro atoms. The van der Waals surface area contributed by atoms with Gasteiger partial charge in [0.05, 0.1) is 49.2 Å². The smallest absolute Gasteiger partial charge is 0.378 e. The Bertz CT molecular complexity index is 1040. The Morgan fingerprint density at radius 3 is 1.33 bits per heavy atom. The molecule has 1 aliphatic heterocycles. The van der Waals surface area contributed by atoms with Crippen LogP contribution >= 0.6 is 0 Å². The molecule has 1 aliphatic rings. The molecular weight excluding hydrogens is 660 g/mol. The average Bonchev–Trinajstić information content (AvgIpc) is 2.89. The van der Waals surface area contributed by atoms with Crippen LogP contribution in [0.2, 0.25) is 0 Å². The van der Waals surface area contributed by atoms with E-state index in [-0.39, 0.29) is 16.5 Å². The molecule has 2 bridgehead atoms. The Morgan fingerprint density at radius 2 is 0.977 bits per heavy atom. The molecule has 0 aromatic carbocycles. The van der Waals surface area contributed by atoms with Gasteiger partial charge in [0.15, 0.2) is 0 Å². The molecule has 0 saturated heterocycles. The molecular formula is C25H31Cl2N5NiO10. The standard InChI is InChI=1S/C25H31N5O2.2ClHO4.Ni/c1-3-10-26-22(6-1)18-29-12-14-31-16-17-32-15-13-30(19-23-7-2-4-11-27-23)21-25-9-5-8-24(20-29)28-25;2*2-1(3,4)5;/h1-11H,12-21H2;2*(H,2,3,4,5);/q;;;+2/p-2. The number of halogens is 2. The molecule has 43 heavy (non-hydrogen) atoms. The molecule has 15 nitrogen and oxygen atoms in total. The maximum Gasteiger partial charge on any atom is 2.00 e. The van der Waals surface area contributed by atoms with Crippen LogP contribution in [0.5, 0.6) is 0 Å². The van der Waals surface area contributed by atoms with Gasteiger partial charge in [0.2, 0.25) is 0 Å². The second kappa shape index (κ2) is 20.9. The molecule has 4 rings (SSSR count). The molecule has 0 N–H and O–H groups in total. The zero-order chi connectivity index (χ0) is 30.8. The normalized spacial score (nSPS) is 15.7. The fourth-order valence-electron chi connectivity index (χ4n) is 3.74. The van der Waals surface area contributed by atoms with Crippen molar-refractivity contribution in [3.63, 3.8) is 0 Å². The van der Waals surface area contributed by atoms with Crippen molar-refractivity contribution >= 4 is 0 Å². The summed E-state index contributed by atoms with van der Waals surface area (Å²) < 4.78 is 79.6. The van der Waals surface area contributed by atoms with Gasteiger partial charge < -0.3 is 9.47 Å². The summed E-state index contributed by atoms with van der Waals surface area (Å²) in [7, 11) is -9.89. The fraction of sp³-hybridized carbons (Fsp3) is 0.400. The predicted octanol–water partition coefficient (Wildman–Crippen LogP) is -6.59. The molecule has 0 fully saturated rings. The Labute approximate surface area is 263 Å². The van der Waals surface area contributed by atoms with Crippen LogP contribution in [0.3, 0.4) is 0 Å². The minimum atomic E-state index is -4.94. The van der Waals surface area contributed by atoms with E-state index >= 15 is 0 Å². The van der Waals surface area contributed by atoms with Crippen molar-refractivity contribution in [3.05, 3.63) is 89.8 Å². The summed E-state index contributed by atoms with van der Waals surface area (Å²) in [6.45, 7) is 7.17. The van der Waals surface area contributed by atoms with Crippen molar-refractivity contribution in [2.45, 2.75) is 26.2 Å². The first-order valence-electron chi connectivity index (χ1n) is 12.4. The quantitative estimate of drug-likeness (QED) is 0.231. The Hall–Kier alpha value is -1.96. The summed E-state index contributed by atoms with van der Waals surface area (Å²) in [5.41, 5.74) is 4.21. The Kier molecular flexibility index (Phi) is 19.0. The number of hydrogen-bond donors (Lipinski definition) is 0.